The molecular weight excluding hydrogens is 238 g/mol. The van der Waals surface area contributed by atoms with Crippen LogP contribution in [-0.4, -0.2) is 35.3 Å². The van der Waals surface area contributed by atoms with E-state index in [4.69, 9.17) is 4.74 Å². The van der Waals surface area contributed by atoms with Gasteiger partial charge in [-0.05, 0) is 57.4 Å². The van der Waals surface area contributed by atoms with Crippen molar-refractivity contribution in [3.05, 3.63) is 29.8 Å². The first-order valence-electron chi connectivity index (χ1n) is 7.33. The van der Waals surface area contributed by atoms with Crippen molar-refractivity contribution in [3.63, 3.8) is 0 Å². The van der Waals surface area contributed by atoms with Gasteiger partial charge in [0.15, 0.2) is 0 Å². The van der Waals surface area contributed by atoms with Gasteiger partial charge in [0.1, 0.15) is 5.75 Å². The predicted octanol–water partition coefficient (Wildman–Crippen LogP) is 2.82. The molecule has 0 amide bonds. The Hall–Kier alpha value is -1.06. The Morgan fingerprint density at radius 2 is 2.11 bits per heavy atom. The molecule has 0 aliphatic carbocycles. The Kier molecular flexibility index (Phi) is 5.23. The van der Waals surface area contributed by atoms with E-state index in [0.717, 1.165) is 25.3 Å². The van der Waals surface area contributed by atoms with E-state index in [1.165, 1.54) is 18.4 Å². The van der Waals surface area contributed by atoms with Crippen molar-refractivity contribution in [1.82, 2.24) is 4.90 Å². The molecule has 2 atom stereocenters. The molecular formula is C16H25NO2. The van der Waals surface area contributed by atoms with Crippen LogP contribution in [0.3, 0.4) is 0 Å². The third kappa shape index (κ3) is 4.22. The maximum absolute atomic E-state index is 9.55. The molecule has 1 fully saturated rings. The van der Waals surface area contributed by atoms with Crippen molar-refractivity contribution in [3.8, 4) is 5.75 Å². The molecule has 2 rings (SSSR count). The second kappa shape index (κ2) is 6.92. The highest BCUT2D eigenvalue weighted by Gasteiger charge is 2.25. The van der Waals surface area contributed by atoms with Crippen LogP contribution < -0.4 is 4.74 Å². The van der Waals surface area contributed by atoms with Gasteiger partial charge < -0.3 is 9.84 Å². The standard InChI is InChI=1S/C16H25NO2/c1-3-19-16-8-6-14(7-9-16)12-17-10-4-5-15(17)11-13(2)18/h6-9,13,15,18H,3-5,10-12H2,1-2H3. The molecule has 1 saturated heterocycles. The lowest BCUT2D eigenvalue weighted by Crippen LogP contribution is -2.31. The molecule has 106 valence electrons. The Labute approximate surface area is 116 Å². The van der Waals surface area contributed by atoms with E-state index >= 15 is 0 Å². The zero-order valence-electron chi connectivity index (χ0n) is 12.0. The van der Waals surface area contributed by atoms with Crippen LogP contribution in [0.2, 0.25) is 0 Å². The lowest BCUT2D eigenvalue weighted by atomic mass is 10.1. The fraction of sp³-hybridized carbons (Fsp3) is 0.625. The number of hydrogen-bond donors (Lipinski definition) is 1. The van der Waals surface area contributed by atoms with E-state index in [9.17, 15) is 5.11 Å². The highest BCUT2D eigenvalue weighted by molar-refractivity contribution is 5.27. The number of benzene rings is 1. The molecule has 1 N–H and O–H groups in total. The maximum Gasteiger partial charge on any atom is 0.119 e. The molecule has 0 bridgehead atoms. The molecule has 3 nitrogen and oxygen atoms in total. The molecule has 0 radical (unpaired) electrons. The number of aliphatic hydroxyl groups is 1. The van der Waals surface area contributed by atoms with Crippen molar-refractivity contribution < 1.29 is 9.84 Å². The first-order valence-corrected chi connectivity index (χ1v) is 7.33. The van der Waals surface area contributed by atoms with Crippen LogP contribution in [0.1, 0.15) is 38.7 Å². The van der Waals surface area contributed by atoms with Gasteiger partial charge in [-0.1, -0.05) is 12.1 Å². The van der Waals surface area contributed by atoms with Crippen LogP contribution in [0, 0.1) is 0 Å². The molecule has 0 spiro atoms. The number of hydrogen-bond acceptors (Lipinski definition) is 3. The third-order valence-electron chi connectivity index (χ3n) is 3.73. The van der Waals surface area contributed by atoms with Crippen LogP contribution in [0.5, 0.6) is 5.75 Å². The average molecular weight is 263 g/mol. The van der Waals surface area contributed by atoms with Gasteiger partial charge in [-0.25, -0.2) is 0 Å². The van der Waals surface area contributed by atoms with Gasteiger partial charge in [-0.15, -0.1) is 0 Å². The summed E-state index contributed by atoms with van der Waals surface area (Å²) in [6.45, 7) is 6.71. The smallest absolute Gasteiger partial charge is 0.119 e. The average Bonchev–Trinajstić information content (AvgIpc) is 2.79. The fourth-order valence-electron chi connectivity index (χ4n) is 2.86. The fourth-order valence-corrected chi connectivity index (χ4v) is 2.86. The molecule has 0 saturated carbocycles. The highest BCUT2D eigenvalue weighted by Crippen LogP contribution is 2.24. The summed E-state index contributed by atoms with van der Waals surface area (Å²) >= 11 is 0. The number of ether oxygens (including phenoxy) is 1. The van der Waals surface area contributed by atoms with Crippen molar-refractivity contribution in [1.29, 1.82) is 0 Å². The van der Waals surface area contributed by atoms with Crippen LogP contribution in [0.25, 0.3) is 0 Å². The summed E-state index contributed by atoms with van der Waals surface area (Å²) in [5.74, 6) is 0.938. The van der Waals surface area contributed by atoms with E-state index in [1.54, 1.807) is 0 Å². The van der Waals surface area contributed by atoms with Gasteiger partial charge in [0.2, 0.25) is 0 Å². The Morgan fingerprint density at radius 1 is 1.37 bits per heavy atom. The van der Waals surface area contributed by atoms with Gasteiger partial charge in [0, 0.05) is 12.6 Å². The summed E-state index contributed by atoms with van der Waals surface area (Å²) in [6.07, 6.45) is 3.14. The van der Waals surface area contributed by atoms with E-state index in [2.05, 4.69) is 17.0 Å². The van der Waals surface area contributed by atoms with E-state index in [1.807, 2.05) is 26.0 Å². The number of likely N-dealkylation sites (tertiary alicyclic amines) is 1. The van der Waals surface area contributed by atoms with Crippen LogP contribution in [-0.2, 0) is 6.54 Å². The molecule has 1 heterocycles. The molecule has 3 heteroatoms. The first-order chi connectivity index (χ1) is 9.19. The topological polar surface area (TPSA) is 32.7 Å². The number of nitrogens with zero attached hydrogens (tertiary/aromatic N) is 1. The number of aliphatic hydroxyl groups excluding tert-OH is 1. The first kappa shape index (κ1) is 14.4. The molecule has 1 aromatic carbocycles. The lowest BCUT2D eigenvalue weighted by Gasteiger charge is -2.25. The minimum Gasteiger partial charge on any atom is -0.494 e. The summed E-state index contributed by atoms with van der Waals surface area (Å²) < 4.78 is 5.46. The van der Waals surface area contributed by atoms with Gasteiger partial charge in [-0.2, -0.15) is 0 Å². The van der Waals surface area contributed by atoms with Crippen LogP contribution in [0.4, 0.5) is 0 Å². The minimum absolute atomic E-state index is 0.203. The van der Waals surface area contributed by atoms with Gasteiger partial charge in [-0.3, -0.25) is 4.90 Å². The molecule has 19 heavy (non-hydrogen) atoms. The summed E-state index contributed by atoms with van der Waals surface area (Å²) in [5.41, 5.74) is 1.32. The zero-order chi connectivity index (χ0) is 13.7. The predicted molar refractivity (Wildman–Crippen MR) is 77.3 cm³/mol. The van der Waals surface area contributed by atoms with Crippen molar-refractivity contribution in [2.24, 2.45) is 0 Å². The third-order valence-corrected chi connectivity index (χ3v) is 3.73. The molecule has 1 aliphatic heterocycles. The van der Waals surface area contributed by atoms with Crippen LogP contribution in [0.15, 0.2) is 24.3 Å². The van der Waals surface area contributed by atoms with E-state index in [0.29, 0.717) is 12.6 Å². The minimum atomic E-state index is -0.203. The SMILES string of the molecule is CCOc1ccc(CN2CCCC2CC(C)O)cc1. The summed E-state index contributed by atoms with van der Waals surface area (Å²) in [6, 6.07) is 8.90. The van der Waals surface area contributed by atoms with E-state index in [-0.39, 0.29) is 6.10 Å². The molecule has 1 aliphatic rings. The quantitative estimate of drug-likeness (QED) is 0.856. The monoisotopic (exact) mass is 263 g/mol. The second-order valence-corrected chi connectivity index (χ2v) is 5.43. The van der Waals surface area contributed by atoms with Gasteiger partial charge in [0.05, 0.1) is 12.7 Å². The van der Waals surface area contributed by atoms with Gasteiger partial charge in [0.25, 0.3) is 0 Å². The normalized spacial score (nSPS) is 21.5. The largest absolute Gasteiger partial charge is 0.494 e. The van der Waals surface area contributed by atoms with Gasteiger partial charge >= 0.3 is 0 Å². The Morgan fingerprint density at radius 3 is 2.74 bits per heavy atom. The maximum atomic E-state index is 9.55. The number of rotatable bonds is 6. The summed E-state index contributed by atoms with van der Waals surface area (Å²) in [4.78, 5) is 2.49. The summed E-state index contributed by atoms with van der Waals surface area (Å²) in [5, 5.41) is 9.55. The van der Waals surface area contributed by atoms with Crippen molar-refractivity contribution in [2.45, 2.75) is 51.8 Å². The Bertz CT molecular complexity index is 375. The lowest BCUT2D eigenvalue weighted by molar-refractivity contribution is 0.131. The zero-order valence-corrected chi connectivity index (χ0v) is 12.0. The highest BCUT2D eigenvalue weighted by atomic mass is 16.5. The van der Waals surface area contributed by atoms with E-state index < -0.39 is 0 Å². The van der Waals surface area contributed by atoms with Crippen molar-refractivity contribution in [2.75, 3.05) is 13.2 Å². The molecule has 1 aromatic rings. The molecule has 2 unspecified atom stereocenters. The Balaban J connectivity index is 1.92. The van der Waals surface area contributed by atoms with Crippen molar-refractivity contribution >= 4 is 0 Å². The summed E-state index contributed by atoms with van der Waals surface area (Å²) in [7, 11) is 0. The van der Waals surface area contributed by atoms with Crippen LogP contribution >= 0.6 is 0 Å². The molecule has 0 aromatic heterocycles. The second-order valence-electron chi connectivity index (χ2n) is 5.43.